The Hall–Kier alpha value is -3.19. The highest BCUT2D eigenvalue weighted by Gasteiger charge is 2.13. The molecular weight excluding hydrogens is 356 g/mol. The molecule has 1 heterocycles. The summed E-state index contributed by atoms with van der Waals surface area (Å²) in [5.74, 6) is -1.84. The predicted molar refractivity (Wildman–Crippen MR) is 92.8 cm³/mol. The molecule has 0 aliphatic carbocycles. The van der Waals surface area contributed by atoms with Crippen LogP contribution in [0, 0.1) is 18.6 Å². The number of aryl methyl sites for hydroxylation is 1. The molecule has 0 bridgehead atoms. The van der Waals surface area contributed by atoms with E-state index in [1.807, 2.05) is 31.2 Å². The van der Waals surface area contributed by atoms with Gasteiger partial charge in [0.15, 0.2) is 17.3 Å². The first-order valence-corrected chi connectivity index (χ1v) is 8.15. The first-order valence-electron chi connectivity index (χ1n) is 8.15. The zero-order valence-corrected chi connectivity index (χ0v) is 14.5. The molecule has 2 aromatic carbocycles. The monoisotopic (exact) mass is 373 g/mol. The molecule has 0 unspecified atom stereocenters. The van der Waals surface area contributed by atoms with Crippen molar-refractivity contribution in [3.05, 3.63) is 88.9 Å². The van der Waals surface area contributed by atoms with Crippen molar-refractivity contribution < 1.29 is 27.6 Å². The molecule has 27 heavy (non-hydrogen) atoms. The summed E-state index contributed by atoms with van der Waals surface area (Å²) in [6, 6.07) is 13.7. The van der Waals surface area contributed by atoms with Gasteiger partial charge in [-0.3, -0.25) is 9.63 Å². The number of furan rings is 1. The molecule has 0 spiro atoms. The lowest BCUT2D eigenvalue weighted by molar-refractivity contribution is 0.0210. The van der Waals surface area contributed by atoms with Crippen LogP contribution < -0.4 is 10.2 Å². The van der Waals surface area contributed by atoms with Crippen molar-refractivity contribution in [3.63, 3.8) is 0 Å². The van der Waals surface area contributed by atoms with Gasteiger partial charge in [-0.15, -0.1) is 0 Å². The molecule has 0 atom stereocenters. The van der Waals surface area contributed by atoms with Gasteiger partial charge < -0.3 is 9.15 Å². The maximum absolute atomic E-state index is 13.5. The molecule has 0 aliphatic heterocycles. The second-order valence-electron chi connectivity index (χ2n) is 5.83. The minimum atomic E-state index is -0.816. The molecule has 0 aliphatic rings. The van der Waals surface area contributed by atoms with Crippen molar-refractivity contribution in [2.45, 2.75) is 20.1 Å². The topological polar surface area (TPSA) is 60.7 Å². The number of carbonyl (C=O) groups is 1. The number of hydrogen-bond donors (Lipinski definition) is 1. The molecule has 5 nitrogen and oxygen atoms in total. The third-order valence-electron chi connectivity index (χ3n) is 3.67. The Morgan fingerprint density at radius 1 is 1.04 bits per heavy atom. The largest absolute Gasteiger partial charge is 0.483 e. The summed E-state index contributed by atoms with van der Waals surface area (Å²) in [4.78, 5) is 17.2. The lowest BCUT2D eigenvalue weighted by Crippen LogP contribution is -2.23. The van der Waals surface area contributed by atoms with E-state index in [1.165, 1.54) is 18.2 Å². The highest BCUT2D eigenvalue weighted by atomic mass is 19.1. The van der Waals surface area contributed by atoms with Crippen LogP contribution in [0.25, 0.3) is 0 Å². The lowest BCUT2D eigenvalue weighted by Gasteiger charge is -2.06. The average Bonchev–Trinajstić information content (AvgIpc) is 3.12. The fourth-order valence-electron chi connectivity index (χ4n) is 2.24. The van der Waals surface area contributed by atoms with Gasteiger partial charge in [-0.1, -0.05) is 29.8 Å². The van der Waals surface area contributed by atoms with Gasteiger partial charge in [-0.2, -0.15) is 0 Å². The van der Waals surface area contributed by atoms with Crippen LogP contribution in [-0.4, -0.2) is 5.91 Å². The molecule has 0 fully saturated rings. The number of carbonyl (C=O) groups excluding carboxylic acids is 1. The van der Waals surface area contributed by atoms with E-state index in [2.05, 4.69) is 5.48 Å². The predicted octanol–water partition coefficient (Wildman–Crippen LogP) is 4.31. The maximum Gasteiger partial charge on any atom is 0.310 e. The Morgan fingerprint density at radius 3 is 2.56 bits per heavy atom. The molecule has 3 rings (SSSR count). The molecule has 140 valence electrons. The van der Waals surface area contributed by atoms with Crippen molar-refractivity contribution >= 4 is 5.91 Å². The van der Waals surface area contributed by atoms with Gasteiger partial charge in [0.2, 0.25) is 0 Å². The van der Waals surface area contributed by atoms with Gasteiger partial charge in [0.25, 0.3) is 0 Å². The number of hydrogen-bond acceptors (Lipinski definition) is 4. The van der Waals surface area contributed by atoms with E-state index in [1.54, 1.807) is 0 Å². The number of hydroxylamine groups is 1. The standard InChI is InChI=1S/C20H17F2NO4/c1-13-2-4-14(5-3-13)11-26-23-20(24)19-9-7-16(27-19)12-25-18-8-6-15(21)10-17(18)22/h2-10H,11-12H2,1H3,(H,23,24). The van der Waals surface area contributed by atoms with Crippen LogP contribution in [0.2, 0.25) is 0 Å². The SMILES string of the molecule is Cc1ccc(CONC(=O)c2ccc(COc3ccc(F)cc3F)o2)cc1. The van der Waals surface area contributed by atoms with Crippen molar-refractivity contribution in [1.82, 2.24) is 5.48 Å². The van der Waals surface area contributed by atoms with Gasteiger partial charge >= 0.3 is 5.91 Å². The normalized spacial score (nSPS) is 10.6. The van der Waals surface area contributed by atoms with Crippen molar-refractivity contribution in [1.29, 1.82) is 0 Å². The van der Waals surface area contributed by atoms with Crippen molar-refractivity contribution in [3.8, 4) is 5.75 Å². The minimum absolute atomic E-state index is 0.0251. The van der Waals surface area contributed by atoms with E-state index in [0.717, 1.165) is 23.3 Å². The quantitative estimate of drug-likeness (QED) is 0.627. The van der Waals surface area contributed by atoms with Crippen LogP contribution in [0.1, 0.15) is 27.4 Å². The summed E-state index contributed by atoms with van der Waals surface area (Å²) in [6.07, 6.45) is 0. The van der Waals surface area contributed by atoms with E-state index in [9.17, 15) is 13.6 Å². The van der Waals surface area contributed by atoms with Crippen molar-refractivity contribution in [2.75, 3.05) is 0 Å². The summed E-state index contributed by atoms with van der Waals surface area (Å²) in [7, 11) is 0. The Morgan fingerprint density at radius 2 is 1.81 bits per heavy atom. The van der Waals surface area contributed by atoms with E-state index in [-0.39, 0.29) is 24.7 Å². The van der Waals surface area contributed by atoms with E-state index in [0.29, 0.717) is 5.76 Å². The van der Waals surface area contributed by atoms with Crippen LogP contribution in [-0.2, 0) is 18.1 Å². The fraction of sp³-hybridized carbons (Fsp3) is 0.150. The Labute approximate surface area is 154 Å². The number of amides is 1. The van der Waals surface area contributed by atoms with Crippen LogP contribution in [0.3, 0.4) is 0 Å². The number of benzene rings is 2. The molecule has 0 radical (unpaired) electrons. The summed E-state index contributed by atoms with van der Waals surface area (Å²) < 4.78 is 36.9. The van der Waals surface area contributed by atoms with E-state index in [4.69, 9.17) is 14.0 Å². The zero-order valence-electron chi connectivity index (χ0n) is 14.5. The smallest absolute Gasteiger partial charge is 0.310 e. The zero-order chi connectivity index (χ0) is 19.2. The third-order valence-corrected chi connectivity index (χ3v) is 3.67. The molecule has 3 aromatic rings. The van der Waals surface area contributed by atoms with Crippen molar-refractivity contribution in [2.24, 2.45) is 0 Å². The Kier molecular flexibility index (Phi) is 5.83. The molecule has 1 aromatic heterocycles. The fourth-order valence-corrected chi connectivity index (χ4v) is 2.24. The van der Waals surface area contributed by atoms with Crippen LogP contribution in [0.4, 0.5) is 8.78 Å². The third kappa shape index (κ3) is 5.15. The molecule has 1 amide bonds. The lowest BCUT2D eigenvalue weighted by atomic mass is 10.2. The summed E-state index contributed by atoms with van der Waals surface area (Å²) >= 11 is 0. The number of halogens is 2. The van der Waals surface area contributed by atoms with Gasteiger partial charge in [-0.25, -0.2) is 14.3 Å². The van der Waals surface area contributed by atoms with Crippen LogP contribution in [0.5, 0.6) is 5.75 Å². The van der Waals surface area contributed by atoms with E-state index < -0.39 is 17.5 Å². The van der Waals surface area contributed by atoms with Crippen LogP contribution in [0.15, 0.2) is 59.0 Å². The van der Waals surface area contributed by atoms with Gasteiger partial charge in [0.1, 0.15) is 18.2 Å². The molecule has 0 saturated heterocycles. The number of ether oxygens (including phenoxy) is 1. The average molecular weight is 373 g/mol. The summed E-state index contributed by atoms with van der Waals surface area (Å²) in [5, 5.41) is 0. The Bertz CT molecular complexity index is 922. The van der Waals surface area contributed by atoms with E-state index >= 15 is 0 Å². The molecule has 0 saturated carbocycles. The van der Waals surface area contributed by atoms with Gasteiger partial charge in [0.05, 0.1) is 6.61 Å². The first kappa shape index (κ1) is 18.6. The molecule has 7 heteroatoms. The number of rotatable bonds is 7. The Balaban J connectivity index is 1.49. The first-order chi connectivity index (χ1) is 13.0. The molecular formula is C20H17F2NO4. The van der Waals surface area contributed by atoms with Crippen LogP contribution >= 0.6 is 0 Å². The second kappa shape index (κ2) is 8.46. The summed E-state index contributed by atoms with van der Waals surface area (Å²) in [5.41, 5.74) is 4.34. The maximum atomic E-state index is 13.5. The summed E-state index contributed by atoms with van der Waals surface area (Å²) in [6.45, 7) is 2.08. The highest BCUT2D eigenvalue weighted by molar-refractivity contribution is 5.90. The van der Waals surface area contributed by atoms with Gasteiger partial charge in [-0.05, 0) is 36.8 Å². The molecule has 1 N–H and O–H groups in total. The second-order valence-corrected chi connectivity index (χ2v) is 5.83. The minimum Gasteiger partial charge on any atom is -0.483 e. The highest BCUT2D eigenvalue weighted by Crippen LogP contribution is 2.19. The van der Waals surface area contributed by atoms with Gasteiger partial charge in [0, 0.05) is 6.07 Å². The number of nitrogens with one attached hydrogen (secondary N) is 1.